The smallest absolute Gasteiger partial charge is 0.249 e. The molecule has 3 aromatic rings. The number of anilines is 3. The summed E-state index contributed by atoms with van der Waals surface area (Å²) in [6.07, 6.45) is 1.59. The minimum absolute atomic E-state index is 0.0233. The number of rotatable bonds is 4. The molecule has 0 radical (unpaired) electrons. The molecule has 3 amide bonds. The van der Waals surface area contributed by atoms with Crippen molar-refractivity contribution in [2.75, 3.05) is 16.0 Å². The summed E-state index contributed by atoms with van der Waals surface area (Å²) in [5, 5.41) is 13.2. The molecular weight excluding hydrogens is 406 g/mol. The third-order valence-corrected chi connectivity index (χ3v) is 4.91. The van der Waals surface area contributed by atoms with Gasteiger partial charge in [-0.25, -0.2) is 4.68 Å². The van der Waals surface area contributed by atoms with E-state index in [4.69, 9.17) is 11.6 Å². The van der Waals surface area contributed by atoms with Gasteiger partial charge in [-0.05, 0) is 42.0 Å². The molecule has 1 atom stereocenters. The Kier molecular flexibility index (Phi) is 5.24. The zero-order valence-corrected chi connectivity index (χ0v) is 16.7. The fraction of sp³-hybridized carbons (Fsp3) is 0.143. The van der Waals surface area contributed by atoms with Crippen LogP contribution in [0.3, 0.4) is 0 Å². The van der Waals surface area contributed by atoms with Crippen molar-refractivity contribution in [1.29, 1.82) is 0 Å². The predicted octanol–water partition coefficient (Wildman–Crippen LogP) is 3.68. The molecule has 2 heterocycles. The summed E-state index contributed by atoms with van der Waals surface area (Å²) in [5.41, 5.74) is 2.71. The second-order valence-corrected chi connectivity index (χ2v) is 7.31. The first-order valence-corrected chi connectivity index (χ1v) is 9.60. The molecule has 8 nitrogen and oxygen atoms in total. The van der Waals surface area contributed by atoms with Crippen molar-refractivity contribution >= 4 is 46.5 Å². The SMILES string of the molecule is CC(=O)Nc1ccc(NC(=O)[C@H]2CC(=O)Nc3c(-c4ccc(Cl)cc4)cnn32)cc1. The number of carbonyl (C=O) groups excluding carboxylic acids is 3. The topological polar surface area (TPSA) is 105 Å². The molecule has 152 valence electrons. The molecule has 0 spiro atoms. The van der Waals surface area contributed by atoms with E-state index < -0.39 is 6.04 Å². The van der Waals surface area contributed by atoms with Gasteiger partial charge in [-0.2, -0.15) is 5.10 Å². The lowest BCUT2D eigenvalue weighted by molar-refractivity contribution is -0.125. The first-order chi connectivity index (χ1) is 14.4. The number of fused-ring (bicyclic) bond motifs is 1. The molecular formula is C21H18ClN5O3. The second-order valence-electron chi connectivity index (χ2n) is 6.87. The number of amides is 3. The Morgan fingerprint density at radius 3 is 2.33 bits per heavy atom. The van der Waals surface area contributed by atoms with Gasteiger partial charge in [0.1, 0.15) is 11.9 Å². The zero-order valence-electron chi connectivity index (χ0n) is 16.0. The third-order valence-electron chi connectivity index (χ3n) is 4.66. The van der Waals surface area contributed by atoms with Gasteiger partial charge in [-0.3, -0.25) is 14.4 Å². The van der Waals surface area contributed by atoms with E-state index in [0.29, 0.717) is 27.8 Å². The van der Waals surface area contributed by atoms with Gasteiger partial charge in [0.2, 0.25) is 17.7 Å². The molecule has 3 N–H and O–H groups in total. The summed E-state index contributed by atoms with van der Waals surface area (Å²) in [4.78, 5) is 36.3. The van der Waals surface area contributed by atoms with Crippen LogP contribution >= 0.6 is 11.6 Å². The number of benzene rings is 2. The van der Waals surface area contributed by atoms with Crippen LogP contribution in [0, 0.1) is 0 Å². The second kappa shape index (κ2) is 8.00. The molecule has 0 fully saturated rings. The predicted molar refractivity (Wildman–Crippen MR) is 114 cm³/mol. The minimum Gasteiger partial charge on any atom is -0.326 e. The van der Waals surface area contributed by atoms with Gasteiger partial charge < -0.3 is 16.0 Å². The van der Waals surface area contributed by atoms with E-state index >= 15 is 0 Å². The number of carbonyl (C=O) groups is 3. The Morgan fingerprint density at radius 2 is 1.70 bits per heavy atom. The summed E-state index contributed by atoms with van der Waals surface area (Å²) in [7, 11) is 0. The molecule has 0 saturated heterocycles. The largest absolute Gasteiger partial charge is 0.326 e. The summed E-state index contributed by atoms with van der Waals surface area (Å²) in [5.74, 6) is -0.332. The highest BCUT2D eigenvalue weighted by Gasteiger charge is 2.33. The standard InChI is InChI=1S/C21H18ClN5O3/c1-12(28)24-15-6-8-16(9-7-15)25-21(30)18-10-19(29)26-20-17(11-23-27(18)20)13-2-4-14(22)5-3-13/h2-9,11,18H,10H2,1H3,(H,24,28)(H,25,30)(H,26,29)/t18-/m1/s1. The van der Waals surface area contributed by atoms with E-state index in [9.17, 15) is 14.4 Å². The lowest BCUT2D eigenvalue weighted by Gasteiger charge is -2.24. The van der Waals surface area contributed by atoms with E-state index in [1.54, 1.807) is 42.6 Å². The van der Waals surface area contributed by atoms with Gasteiger partial charge in [0.25, 0.3) is 0 Å². The van der Waals surface area contributed by atoms with Crippen molar-refractivity contribution in [3.63, 3.8) is 0 Å². The maximum Gasteiger partial charge on any atom is 0.249 e. The maximum atomic E-state index is 12.9. The molecule has 0 aliphatic carbocycles. The number of hydrogen-bond acceptors (Lipinski definition) is 4. The van der Waals surface area contributed by atoms with Crippen LogP contribution in [0.4, 0.5) is 17.2 Å². The summed E-state index contributed by atoms with van der Waals surface area (Å²) in [6, 6.07) is 13.1. The Labute approximate surface area is 177 Å². The van der Waals surface area contributed by atoms with Crippen LogP contribution in [0.25, 0.3) is 11.1 Å². The quantitative estimate of drug-likeness (QED) is 0.595. The molecule has 4 rings (SSSR count). The van der Waals surface area contributed by atoms with Gasteiger partial charge in [-0.15, -0.1) is 0 Å². The Hall–Kier alpha value is -3.65. The van der Waals surface area contributed by atoms with Gasteiger partial charge in [0.05, 0.1) is 12.6 Å². The van der Waals surface area contributed by atoms with Crippen molar-refractivity contribution in [2.24, 2.45) is 0 Å². The van der Waals surface area contributed by atoms with Gasteiger partial charge in [0, 0.05) is 28.9 Å². The summed E-state index contributed by atoms with van der Waals surface area (Å²) >= 11 is 5.95. The van der Waals surface area contributed by atoms with Crippen LogP contribution in [-0.2, 0) is 14.4 Å². The molecule has 2 aromatic carbocycles. The van der Waals surface area contributed by atoms with Gasteiger partial charge in [0.15, 0.2) is 0 Å². The Morgan fingerprint density at radius 1 is 1.07 bits per heavy atom. The number of nitrogens with zero attached hydrogens (tertiary/aromatic N) is 2. The number of nitrogens with one attached hydrogen (secondary N) is 3. The molecule has 9 heteroatoms. The molecule has 0 saturated carbocycles. The van der Waals surface area contributed by atoms with Crippen molar-refractivity contribution < 1.29 is 14.4 Å². The fourth-order valence-corrected chi connectivity index (χ4v) is 3.40. The molecule has 1 aliphatic heterocycles. The fourth-order valence-electron chi connectivity index (χ4n) is 3.28. The molecule has 1 aromatic heterocycles. The third kappa shape index (κ3) is 4.04. The highest BCUT2D eigenvalue weighted by Crippen LogP contribution is 2.34. The highest BCUT2D eigenvalue weighted by molar-refractivity contribution is 6.30. The first-order valence-electron chi connectivity index (χ1n) is 9.22. The Bertz CT molecular complexity index is 1120. The molecule has 0 bridgehead atoms. The lowest BCUT2D eigenvalue weighted by atomic mass is 10.1. The van der Waals surface area contributed by atoms with Crippen LogP contribution in [-0.4, -0.2) is 27.5 Å². The normalized spacial score (nSPS) is 15.1. The zero-order chi connectivity index (χ0) is 21.3. The first kappa shape index (κ1) is 19.7. The number of aromatic nitrogens is 2. The van der Waals surface area contributed by atoms with E-state index in [1.807, 2.05) is 12.1 Å². The van der Waals surface area contributed by atoms with Gasteiger partial charge >= 0.3 is 0 Å². The lowest BCUT2D eigenvalue weighted by Crippen LogP contribution is -2.35. The van der Waals surface area contributed by atoms with Crippen LogP contribution in [0.1, 0.15) is 19.4 Å². The van der Waals surface area contributed by atoms with Gasteiger partial charge in [-0.1, -0.05) is 23.7 Å². The van der Waals surface area contributed by atoms with Crippen molar-refractivity contribution in [2.45, 2.75) is 19.4 Å². The summed E-state index contributed by atoms with van der Waals surface area (Å²) in [6.45, 7) is 1.42. The molecule has 30 heavy (non-hydrogen) atoms. The molecule has 1 aliphatic rings. The average Bonchev–Trinajstić information content (AvgIpc) is 3.12. The van der Waals surface area contributed by atoms with Crippen LogP contribution in [0.5, 0.6) is 0 Å². The highest BCUT2D eigenvalue weighted by atomic mass is 35.5. The van der Waals surface area contributed by atoms with E-state index in [-0.39, 0.29) is 24.1 Å². The van der Waals surface area contributed by atoms with Crippen LogP contribution in [0.2, 0.25) is 5.02 Å². The summed E-state index contributed by atoms with van der Waals surface area (Å²) < 4.78 is 1.52. The number of hydrogen-bond donors (Lipinski definition) is 3. The minimum atomic E-state index is -0.787. The van der Waals surface area contributed by atoms with E-state index in [2.05, 4.69) is 21.0 Å². The van der Waals surface area contributed by atoms with Crippen molar-refractivity contribution in [3.05, 3.63) is 59.8 Å². The average molecular weight is 424 g/mol. The monoisotopic (exact) mass is 423 g/mol. The Balaban J connectivity index is 1.57. The van der Waals surface area contributed by atoms with Crippen LogP contribution in [0.15, 0.2) is 54.7 Å². The molecule has 0 unspecified atom stereocenters. The van der Waals surface area contributed by atoms with Crippen LogP contribution < -0.4 is 16.0 Å². The maximum absolute atomic E-state index is 12.9. The van der Waals surface area contributed by atoms with E-state index in [1.165, 1.54) is 11.6 Å². The van der Waals surface area contributed by atoms with Crippen molar-refractivity contribution in [1.82, 2.24) is 9.78 Å². The van der Waals surface area contributed by atoms with E-state index in [0.717, 1.165) is 5.56 Å². The van der Waals surface area contributed by atoms with Crippen molar-refractivity contribution in [3.8, 4) is 11.1 Å². The number of halogens is 1.